The van der Waals surface area contributed by atoms with Crippen LogP contribution in [0.15, 0.2) is 0 Å². The molecule has 1 rings (SSSR count). The molecular formula is C10H18O3. The molecular weight excluding hydrogens is 168 g/mol. The summed E-state index contributed by atoms with van der Waals surface area (Å²) in [5.74, 6) is 0.408. The zero-order valence-corrected chi connectivity index (χ0v) is 8.49. The lowest BCUT2D eigenvalue weighted by Crippen LogP contribution is -2.38. The number of methoxy groups -OCH3 is 1. The van der Waals surface area contributed by atoms with Gasteiger partial charge in [-0.15, -0.1) is 0 Å². The van der Waals surface area contributed by atoms with Gasteiger partial charge in [-0.3, -0.25) is 4.79 Å². The van der Waals surface area contributed by atoms with Gasteiger partial charge in [-0.2, -0.15) is 0 Å². The van der Waals surface area contributed by atoms with Gasteiger partial charge in [0.15, 0.2) is 0 Å². The first-order chi connectivity index (χ1) is 6.06. The quantitative estimate of drug-likeness (QED) is 0.626. The van der Waals surface area contributed by atoms with E-state index in [1.807, 2.05) is 0 Å². The zero-order valence-electron chi connectivity index (χ0n) is 8.49. The first kappa shape index (κ1) is 10.5. The number of carbonyl (C=O) groups is 1. The maximum atomic E-state index is 11.2. The van der Waals surface area contributed by atoms with E-state index in [9.17, 15) is 9.90 Å². The summed E-state index contributed by atoms with van der Waals surface area (Å²) in [4.78, 5) is 11.2. The van der Waals surface area contributed by atoms with Gasteiger partial charge < -0.3 is 9.84 Å². The van der Waals surface area contributed by atoms with Crippen molar-refractivity contribution in [2.45, 2.75) is 32.8 Å². The molecule has 3 nitrogen and oxygen atoms in total. The highest BCUT2D eigenvalue weighted by Gasteiger charge is 2.36. The molecule has 4 atom stereocenters. The number of esters is 1. The molecule has 0 heterocycles. The van der Waals surface area contributed by atoms with Crippen molar-refractivity contribution in [3.63, 3.8) is 0 Å². The summed E-state index contributed by atoms with van der Waals surface area (Å²) in [5, 5.41) is 9.66. The number of aliphatic hydroxyl groups is 1. The minimum Gasteiger partial charge on any atom is -0.469 e. The van der Waals surface area contributed by atoms with Crippen molar-refractivity contribution in [2.75, 3.05) is 7.11 Å². The molecule has 1 N–H and O–H groups in total. The van der Waals surface area contributed by atoms with E-state index < -0.39 is 6.10 Å². The Kier molecular flexibility index (Phi) is 3.31. The highest BCUT2D eigenvalue weighted by Crippen LogP contribution is 2.34. The molecule has 1 saturated carbocycles. The van der Waals surface area contributed by atoms with Crippen LogP contribution < -0.4 is 0 Å². The largest absolute Gasteiger partial charge is 0.469 e. The Morgan fingerprint density at radius 1 is 1.31 bits per heavy atom. The number of rotatable bonds is 1. The van der Waals surface area contributed by atoms with E-state index in [0.717, 1.165) is 6.42 Å². The van der Waals surface area contributed by atoms with Gasteiger partial charge in [0, 0.05) is 0 Å². The predicted molar refractivity (Wildman–Crippen MR) is 49.1 cm³/mol. The highest BCUT2D eigenvalue weighted by molar-refractivity contribution is 5.73. The number of hydrogen-bond acceptors (Lipinski definition) is 3. The van der Waals surface area contributed by atoms with Crippen LogP contribution in [0.4, 0.5) is 0 Å². The van der Waals surface area contributed by atoms with Crippen molar-refractivity contribution in [1.82, 2.24) is 0 Å². The molecule has 0 spiro atoms. The maximum Gasteiger partial charge on any atom is 0.311 e. The molecule has 0 unspecified atom stereocenters. The Morgan fingerprint density at radius 3 is 2.38 bits per heavy atom. The average molecular weight is 186 g/mol. The van der Waals surface area contributed by atoms with Crippen LogP contribution >= 0.6 is 0 Å². The van der Waals surface area contributed by atoms with Crippen LogP contribution in [0.2, 0.25) is 0 Å². The highest BCUT2D eigenvalue weighted by atomic mass is 16.5. The van der Waals surface area contributed by atoms with E-state index in [4.69, 9.17) is 0 Å². The van der Waals surface area contributed by atoms with Crippen LogP contribution in [-0.4, -0.2) is 24.3 Å². The van der Waals surface area contributed by atoms with Crippen molar-refractivity contribution in [2.24, 2.45) is 17.8 Å². The summed E-state index contributed by atoms with van der Waals surface area (Å²) in [6.45, 7) is 4.23. The number of aliphatic hydroxyl groups excluding tert-OH is 1. The fourth-order valence-corrected chi connectivity index (χ4v) is 1.97. The molecule has 76 valence electrons. The van der Waals surface area contributed by atoms with E-state index in [1.165, 1.54) is 7.11 Å². The molecule has 13 heavy (non-hydrogen) atoms. The third kappa shape index (κ3) is 2.21. The Bertz CT molecular complexity index is 191. The molecule has 0 bridgehead atoms. The average Bonchev–Trinajstić information content (AvgIpc) is 2.10. The summed E-state index contributed by atoms with van der Waals surface area (Å²) in [5.41, 5.74) is 0. The fraction of sp³-hybridized carbons (Fsp3) is 0.900. The minimum atomic E-state index is -0.515. The Morgan fingerprint density at radius 2 is 1.85 bits per heavy atom. The normalized spacial score (nSPS) is 40.0. The molecule has 1 aliphatic carbocycles. The Labute approximate surface area is 79.1 Å². The van der Waals surface area contributed by atoms with Gasteiger partial charge in [-0.05, 0) is 24.7 Å². The number of hydrogen-bond donors (Lipinski definition) is 1. The molecule has 3 heteroatoms. The van der Waals surface area contributed by atoms with Gasteiger partial charge in [0.1, 0.15) is 0 Å². The Balaban J connectivity index is 2.61. The Hall–Kier alpha value is -0.570. The fourth-order valence-electron chi connectivity index (χ4n) is 1.97. The summed E-state index contributed by atoms with van der Waals surface area (Å²) in [6, 6.07) is 0. The molecule has 0 aromatic rings. The molecule has 0 amide bonds. The zero-order chi connectivity index (χ0) is 10.0. The molecule has 0 aromatic heterocycles. The standard InChI is InChI=1S/C10H18O3/c1-6-4-8(10(12)13-3)9(11)5-7(6)2/h6-9,11H,4-5H2,1-3H3/t6-,7-,8+,9+/m1/s1. The second kappa shape index (κ2) is 4.09. The van der Waals surface area contributed by atoms with Gasteiger partial charge in [0.05, 0.1) is 19.1 Å². The van der Waals surface area contributed by atoms with Gasteiger partial charge in [-0.1, -0.05) is 13.8 Å². The van der Waals surface area contributed by atoms with Crippen molar-refractivity contribution < 1.29 is 14.6 Å². The third-order valence-corrected chi connectivity index (χ3v) is 3.18. The van der Waals surface area contributed by atoms with Gasteiger partial charge >= 0.3 is 5.97 Å². The topological polar surface area (TPSA) is 46.5 Å². The molecule has 1 aliphatic rings. The first-order valence-electron chi connectivity index (χ1n) is 4.82. The minimum absolute atomic E-state index is 0.272. The van der Waals surface area contributed by atoms with E-state index in [2.05, 4.69) is 18.6 Å². The summed E-state index contributed by atoms with van der Waals surface area (Å²) in [6.07, 6.45) is 0.939. The second-order valence-corrected chi connectivity index (χ2v) is 4.12. The van der Waals surface area contributed by atoms with Gasteiger partial charge in [0.25, 0.3) is 0 Å². The van der Waals surface area contributed by atoms with Crippen molar-refractivity contribution in [1.29, 1.82) is 0 Å². The predicted octanol–water partition coefficient (Wildman–Crippen LogP) is 1.20. The van der Waals surface area contributed by atoms with Crippen LogP contribution in [0.1, 0.15) is 26.7 Å². The van der Waals surface area contributed by atoms with Crippen LogP contribution in [-0.2, 0) is 9.53 Å². The van der Waals surface area contributed by atoms with Gasteiger partial charge in [-0.25, -0.2) is 0 Å². The van der Waals surface area contributed by atoms with Crippen molar-refractivity contribution >= 4 is 5.97 Å². The maximum absolute atomic E-state index is 11.2. The van der Waals surface area contributed by atoms with Crippen molar-refractivity contribution in [3.8, 4) is 0 Å². The summed E-state index contributed by atoms with van der Waals surface area (Å²) < 4.78 is 4.64. The SMILES string of the molecule is COC(=O)[C@H]1C[C@@H](C)[C@H](C)C[C@@H]1O. The summed E-state index contributed by atoms with van der Waals surface area (Å²) in [7, 11) is 1.37. The molecule has 0 saturated heterocycles. The van der Waals surface area contributed by atoms with Gasteiger partial charge in [0.2, 0.25) is 0 Å². The second-order valence-electron chi connectivity index (χ2n) is 4.12. The van der Waals surface area contributed by atoms with E-state index in [-0.39, 0.29) is 11.9 Å². The third-order valence-electron chi connectivity index (χ3n) is 3.18. The van der Waals surface area contributed by atoms with E-state index in [0.29, 0.717) is 18.3 Å². The van der Waals surface area contributed by atoms with Crippen LogP contribution in [0.3, 0.4) is 0 Å². The molecule has 1 fully saturated rings. The number of carbonyl (C=O) groups excluding carboxylic acids is 1. The lowest BCUT2D eigenvalue weighted by Gasteiger charge is -2.34. The molecule has 0 radical (unpaired) electrons. The monoisotopic (exact) mass is 186 g/mol. The summed E-state index contributed by atoms with van der Waals surface area (Å²) >= 11 is 0. The van der Waals surface area contributed by atoms with Crippen molar-refractivity contribution in [3.05, 3.63) is 0 Å². The van der Waals surface area contributed by atoms with Crippen LogP contribution in [0.5, 0.6) is 0 Å². The van der Waals surface area contributed by atoms with E-state index in [1.54, 1.807) is 0 Å². The molecule has 0 aromatic carbocycles. The molecule has 0 aliphatic heterocycles. The lowest BCUT2D eigenvalue weighted by atomic mass is 9.74. The smallest absolute Gasteiger partial charge is 0.311 e. The number of ether oxygens (including phenoxy) is 1. The van der Waals surface area contributed by atoms with E-state index >= 15 is 0 Å². The van der Waals surface area contributed by atoms with Crippen LogP contribution in [0, 0.1) is 17.8 Å². The first-order valence-corrected chi connectivity index (χ1v) is 4.82. The van der Waals surface area contributed by atoms with Crippen LogP contribution in [0.25, 0.3) is 0 Å². The lowest BCUT2D eigenvalue weighted by molar-refractivity contribution is -0.153.